The van der Waals surface area contributed by atoms with Crippen molar-refractivity contribution >= 4 is 23.5 Å². The Labute approximate surface area is 211 Å². The Kier molecular flexibility index (Phi) is 12.4. The zero-order valence-electron chi connectivity index (χ0n) is 21.5. The van der Waals surface area contributed by atoms with Crippen LogP contribution in [0.3, 0.4) is 0 Å². The molecule has 3 N–H and O–H groups in total. The maximum atomic E-state index is 3.84. The first-order valence-corrected chi connectivity index (χ1v) is 14.2. The Bertz CT molecular complexity index is 763. The van der Waals surface area contributed by atoms with Gasteiger partial charge in [0, 0.05) is 59.3 Å². The SMILES string of the molecule is CC(C)NCC(NCCNCC(C)(C)SCc1ccccc1)C(C)(C)SCc1ccccc1. The maximum absolute atomic E-state index is 3.84. The fourth-order valence-corrected chi connectivity index (χ4v) is 5.54. The van der Waals surface area contributed by atoms with Crippen molar-refractivity contribution in [3.63, 3.8) is 0 Å². The molecule has 2 rings (SSSR count). The molecular weight excluding hydrogens is 442 g/mol. The highest BCUT2D eigenvalue weighted by Crippen LogP contribution is 2.31. The van der Waals surface area contributed by atoms with Crippen molar-refractivity contribution < 1.29 is 0 Å². The van der Waals surface area contributed by atoms with Crippen molar-refractivity contribution in [2.45, 2.75) is 74.6 Å². The summed E-state index contributed by atoms with van der Waals surface area (Å²) >= 11 is 4.06. The van der Waals surface area contributed by atoms with Gasteiger partial charge < -0.3 is 16.0 Å². The van der Waals surface area contributed by atoms with Crippen molar-refractivity contribution in [1.29, 1.82) is 0 Å². The number of hydrogen-bond acceptors (Lipinski definition) is 5. The van der Waals surface area contributed by atoms with Gasteiger partial charge in [-0.15, -0.1) is 23.5 Å². The van der Waals surface area contributed by atoms with E-state index in [1.165, 1.54) is 11.1 Å². The summed E-state index contributed by atoms with van der Waals surface area (Å²) in [5, 5.41) is 11.2. The molecule has 33 heavy (non-hydrogen) atoms. The molecule has 2 aromatic rings. The molecule has 0 radical (unpaired) electrons. The van der Waals surface area contributed by atoms with Crippen LogP contribution in [0, 0.1) is 0 Å². The predicted octanol–water partition coefficient (Wildman–Crippen LogP) is 5.96. The lowest BCUT2D eigenvalue weighted by Crippen LogP contribution is -2.53. The second-order valence-corrected chi connectivity index (χ2v) is 13.5. The smallest absolute Gasteiger partial charge is 0.0335 e. The van der Waals surface area contributed by atoms with E-state index in [9.17, 15) is 0 Å². The first kappa shape index (κ1) is 28.3. The van der Waals surface area contributed by atoms with Crippen LogP contribution in [0.5, 0.6) is 0 Å². The highest BCUT2D eigenvalue weighted by Gasteiger charge is 2.29. The fourth-order valence-electron chi connectivity index (χ4n) is 3.49. The topological polar surface area (TPSA) is 36.1 Å². The molecule has 2 aromatic carbocycles. The van der Waals surface area contributed by atoms with Gasteiger partial charge in [0.25, 0.3) is 0 Å². The molecule has 0 aromatic heterocycles. The lowest BCUT2D eigenvalue weighted by atomic mass is 10.0. The minimum Gasteiger partial charge on any atom is -0.314 e. The molecule has 1 atom stereocenters. The lowest BCUT2D eigenvalue weighted by molar-refractivity contribution is 0.390. The fraction of sp³-hybridized carbons (Fsp3) is 0.571. The van der Waals surface area contributed by atoms with Crippen LogP contribution in [0.25, 0.3) is 0 Å². The highest BCUT2D eigenvalue weighted by molar-refractivity contribution is 8.00. The minimum absolute atomic E-state index is 0.128. The summed E-state index contributed by atoms with van der Waals surface area (Å²) in [7, 11) is 0. The van der Waals surface area contributed by atoms with E-state index < -0.39 is 0 Å². The van der Waals surface area contributed by atoms with Gasteiger partial charge in [-0.1, -0.05) is 74.5 Å². The summed E-state index contributed by atoms with van der Waals surface area (Å²) in [4.78, 5) is 0. The van der Waals surface area contributed by atoms with Gasteiger partial charge in [-0.2, -0.15) is 0 Å². The first-order chi connectivity index (χ1) is 15.7. The quantitative estimate of drug-likeness (QED) is 0.255. The molecule has 3 nitrogen and oxygen atoms in total. The molecule has 0 bridgehead atoms. The Morgan fingerprint density at radius 3 is 1.82 bits per heavy atom. The van der Waals surface area contributed by atoms with E-state index in [0.717, 1.165) is 37.7 Å². The van der Waals surface area contributed by atoms with Gasteiger partial charge in [0.05, 0.1) is 0 Å². The summed E-state index contributed by atoms with van der Waals surface area (Å²) in [6.07, 6.45) is 0. The van der Waals surface area contributed by atoms with Crippen LogP contribution in [0.2, 0.25) is 0 Å². The summed E-state index contributed by atoms with van der Waals surface area (Å²) in [6, 6.07) is 22.4. The van der Waals surface area contributed by atoms with Gasteiger partial charge >= 0.3 is 0 Å². The van der Waals surface area contributed by atoms with Crippen LogP contribution >= 0.6 is 23.5 Å². The second kappa shape index (κ2) is 14.4. The van der Waals surface area contributed by atoms with Crippen LogP contribution in [0.1, 0.15) is 52.7 Å². The van der Waals surface area contributed by atoms with E-state index in [0.29, 0.717) is 12.1 Å². The largest absolute Gasteiger partial charge is 0.314 e. The van der Waals surface area contributed by atoms with Crippen molar-refractivity contribution in [2.24, 2.45) is 0 Å². The Balaban J connectivity index is 1.76. The average molecular weight is 488 g/mol. The Morgan fingerprint density at radius 2 is 1.27 bits per heavy atom. The Hall–Kier alpha value is -0.980. The maximum Gasteiger partial charge on any atom is 0.0335 e. The first-order valence-electron chi connectivity index (χ1n) is 12.2. The molecule has 0 aliphatic carbocycles. The van der Waals surface area contributed by atoms with Crippen molar-refractivity contribution in [3.8, 4) is 0 Å². The zero-order valence-corrected chi connectivity index (χ0v) is 23.1. The number of nitrogens with one attached hydrogen (secondary N) is 3. The molecular formula is C28H45N3S2. The molecule has 0 spiro atoms. The summed E-state index contributed by atoms with van der Waals surface area (Å²) in [6.45, 7) is 17.8. The van der Waals surface area contributed by atoms with Crippen LogP contribution in [0.4, 0.5) is 0 Å². The molecule has 184 valence electrons. The van der Waals surface area contributed by atoms with Gasteiger partial charge in [-0.05, 0) is 38.8 Å². The number of rotatable bonds is 16. The number of benzene rings is 2. The van der Waals surface area contributed by atoms with Gasteiger partial charge in [0.2, 0.25) is 0 Å². The highest BCUT2D eigenvalue weighted by atomic mass is 32.2. The third kappa shape index (κ3) is 11.8. The average Bonchev–Trinajstić information content (AvgIpc) is 2.79. The second-order valence-electron chi connectivity index (χ2n) is 10.2. The van der Waals surface area contributed by atoms with E-state index in [1.54, 1.807) is 0 Å². The predicted molar refractivity (Wildman–Crippen MR) is 151 cm³/mol. The molecule has 0 amide bonds. The van der Waals surface area contributed by atoms with Crippen LogP contribution in [-0.2, 0) is 11.5 Å². The van der Waals surface area contributed by atoms with Crippen LogP contribution in [-0.4, -0.2) is 47.8 Å². The van der Waals surface area contributed by atoms with E-state index in [2.05, 4.69) is 118 Å². The lowest BCUT2D eigenvalue weighted by Gasteiger charge is -2.36. The monoisotopic (exact) mass is 487 g/mol. The Morgan fingerprint density at radius 1 is 0.727 bits per heavy atom. The summed E-state index contributed by atoms with van der Waals surface area (Å²) in [5.74, 6) is 2.10. The van der Waals surface area contributed by atoms with Gasteiger partial charge in [-0.3, -0.25) is 0 Å². The minimum atomic E-state index is 0.128. The molecule has 0 saturated carbocycles. The van der Waals surface area contributed by atoms with E-state index in [1.807, 2.05) is 23.5 Å². The molecule has 0 heterocycles. The molecule has 1 unspecified atom stereocenters. The molecule has 0 saturated heterocycles. The number of hydrogen-bond donors (Lipinski definition) is 3. The van der Waals surface area contributed by atoms with E-state index >= 15 is 0 Å². The van der Waals surface area contributed by atoms with Crippen molar-refractivity contribution in [2.75, 3.05) is 26.2 Å². The van der Waals surface area contributed by atoms with Crippen molar-refractivity contribution in [1.82, 2.24) is 16.0 Å². The third-order valence-corrected chi connectivity index (χ3v) is 8.65. The standard InChI is InChI=1S/C28H45N3S2/c1-23(2)31-19-26(28(5,6)33-21-25-15-11-8-12-16-25)30-18-17-29-22-27(3,4)32-20-24-13-9-7-10-14-24/h7-16,23,26,29-31H,17-22H2,1-6H3. The summed E-state index contributed by atoms with van der Waals surface area (Å²) < 4.78 is 0.335. The molecule has 0 aliphatic rings. The van der Waals surface area contributed by atoms with E-state index in [4.69, 9.17) is 0 Å². The zero-order chi connectivity index (χ0) is 24.2. The third-order valence-electron chi connectivity index (χ3n) is 5.74. The van der Waals surface area contributed by atoms with Crippen molar-refractivity contribution in [3.05, 3.63) is 71.8 Å². The normalized spacial score (nSPS) is 13.4. The summed E-state index contributed by atoms with van der Waals surface area (Å²) in [5.41, 5.74) is 2.79. The molecule has 0 aliphatic heterocycles. The van der Waals surface area contributed by atoms with Crippen LogP contribution < -0.4 is 16.0 Å². The number of thioether (sulfide) groups is 2. The van der Waals surface area contributed by atoms with Gasteiger partial charge in [-0.25, -0.2) is 0 Å². The molecule has 5 heteroatoms. The van der Waals surface area contributed by atoms with Gasteiger partial charge in [0.15, 0.2) is 0 Å². The molecule has 0 fully saturated rings. The van der Waals surface area contributed by atoms with Gasteiger partial charge in [0.1, 0.15) is 0 Å². The van der Waals surface area contributed by atoms with E-state index in [-0.39, 0.29) is 9.49 Å². The van der Waals surface area contributed by atoms with Crippen LogP contribution in [0.15, 0.2) is 60.7 Å².